The second-order valence-corrected chi connectivity index (χ2v) is 6.73. The summed E-state index contributed by atoms with van der Waals surface area (Å²) in [5.41, 5.74) is -0.407. The third-order valence-corrected chi connectivity index (χ3v) is 4.70. The molecule has 29 heavy (non-hydrogen) atoms. The molecule has 0 radical (unpaired) electrons. The van der Waals surface area contributed by atoms with Crippen LogP contribution in [0.25, 0.3) is 0 Å². The van der Waals surface area contributed by atoms with Crippen molar-refractivity contribution in [2.45, 2.75) is 6.18 Å². The second-order valence-electron chi connectivity index (χ2n) is 6.32. The van der Waals surface area contributed by atoms with E-state index in [1.807, 2.05) is 6.07 Å². The maximum Gasteiger partial charge on any atom is 0.417 e. The topological polar surface area (TPSA) is 69.5 Å². The highest BCUT2D eigenvalue weighted by Gasteiger charge is 2.32. The van der Waals surface area contributed by atoms with Crippen molar-refractivity contribution in [2.24, 2.45) is 0 Å². The average molecular weight is 425 g/mol. The molecule has 152 valence electrons. The number of benzene rings is 1. The van der Waals surface area contributed by atoms with Crippen LogP contribution in [0.15, 0.2) is 36.5 Å². The van der Waals surface area contributed by atoms with Crippen LogP contribution in [-0.4, -0.2) is 48.6 Å². The minimum Gasteiger partial charge on any atom is -0.484 e. The predicted octanol–water partition coefficient (Wildman–Crippen LogP) is 3.35. The van der Waals surface area contributed by atoms with Crippen LogP contribution in [-0.2, 0) is 11.0 Å². The van der Waals surface area contributed by atoms with Crippen molar-refractivity contribution >= 4 is 23.3 Å². The number of hydrogen-bond donors (Lipinski definition) is 0. The molecule has 1 saturated heterocycles. The Morgan fingerprint density at radius 2 is 1.86 bits per heavy atom. The van der Waals surface area contributed by atoms with E-state index in [1.54, 1.807) is 34.1 Å². The van der Waals surface area contributed by atoms with Crippen molar-refractivity contribution in [3.8, 4) is 11.8 Å². The summed E-state index contributed by atoms with van der Waals surface area (Å²) >= 11 is 5.98. The maximum absolute atomic E-state index is 12.7. The van der Waals surface area contributed by atoms with Gasteiger partial charge in [0.05, 0.1) is 22.2 Å². The van der Waals surface area contributed by atoms with Gasteiger partial charge in [-0.05, 0) is 30.3 Å². The first-order valence-corrected chi connectivity index (χ1v) is 9.04. The summed E-state index contributed by atoms with van der Waals surface area (Å²) in [5, 5.41) is 8.69. The highest BCUT2D eigenvalue weighted by Crippen LogP contribution is 2.33. The first-order chi connectivity index (χ1) is 13.8. The summed E-state index contributed by atoms with van der Waals surface area (Å²) < 4.78 is 43.6. The van der Waals surface area contributed by atoms with Crippen LogP contribution in [0, 0.1) is 11.3 Å². The number of pyridine rings is 1. The maximum atomic E-state index is 12.7. The van der Waals surface area contributed by atoms with Gasteiger partial charge in [0.2, 0.25) is 0 Å². The summed E-state index contributed by atoms with van der Waals surface area (Å²) in [6.07, 6.45) is -3.75. The highest BCUT2D eigenvalue weighted by molar-refractivity contribution is 6.33. The Hall–Kier alpha value is -2.99. The van der Waals surface area contributed by atoms with Gasteiger partial charge in [0.15, 0.2) is 6.61 Å². The molecule has 10 heteroatoms. The molecule has 0 N–H and O–H groups in total. The van der Waals surface area contributed by atoms with Gasteiger partial charge in [-0.25, -0.2) is 4.98 Å². The molecular formula is C19H16ClF3N4O2. The molecule has 1 aliphatic rings. The molecule has 1 aromatic heterocycles. The second kappa shape index (κ2) is 8.57. The fourth-order valence-corrected chi connectivity index (χ4v) is 3.13. The van der Waals surface area contributed by atoms with E-state index in [2.05, 4.69) is 4.98 Å². The van der Waals surface area contributed by atoms with Crippen molar-refractivity contribution in [1.82, 2.24) is 9.88 Å². The van der Waals surface area contributed by atoms with Crippen molar-refractivity contribution in [1.29, 1.82) is 5.26 Å². The fourth-order valence-electron chi connectivity index (χ4n) is 2.85. The van der Waals surface area contributed by atoms with Gasteiger partial charge in [-0.15, -0.1) is 0 Å². The van der Waals surface area contributed by atoms with Gasteiger partial charge in [-0.2, -0.15) is 18.4 Å². The number of alkyl halides is 3. The number of piperazine rings is 1. The molecule has 0 atom stereocenters. The molecule has 0 spiro atoms. The van der Waals surface area contributed by atoms with Gasteiger partial charge in [0, 0.05) is 32.4 Å². The molecule has 0 unspecified atom stereocenters. The third-order valence-electron chi connectivity index (χ3n) is 4.43. The van der Waals surface area contributed by atoms with Gasteiger partial charge in [-0.3, -0.25) is 4.79 Å². The Morgan fingerprint density at radius 1 is 1.21 bits per heavy atom. The zero-order valence-corrected chi connectivity index (χ0v) is 15.9. The molecule has 6 nitrogen and oxygen atoms in total. The molecule has 1 aliphatic heterocycles. The Bertz CT molecular complexity index is 921. The molecule has 0 saturated carbocycles. The van der Waals surface area contributed by atoms with Gasteiger partial charge in [0.1, 0.15) is 11.6 Å². The number of aromatic nitrogens is 1. The van der Waals surface area contributed by atoms with Crippen molar-refractivity contribution in [3.05, 3.63) is 52.7 Å². The molecule has 1 amide bonds. The molecule has 0 bridgehead atoms. The lowest BCUT2D eigenvalue weighted by Gasteiger charge is -2.35. The van der Waals surface area contributed by atoms with E-state index in [0.717, 1.165) is 12.3 Å². The number of nitrogens with zero attached hydrogens (tertiary/aromatic N) is 4. The Labute approximate surface area is 170 Å². The number of ether oxygens (including phenoxy) is 1. The van der Waals surface area contributed by atoms with E-state index < -0.39 is 11.7 Å². The van der Waals surface area contributed by atoms with Crippen LogP contribution < -0.4 is 9.64 Å². The molecule has 0 aliphatic carbocycles. The van der Waals surface area contributed by atoms with Gasteiger partial charge in [-0.1, -0.05) is 11.6 Å². The van der Waals surface area contributed by atoms with Crippen LogP contribution in [0.2, 0.25) is 5.02 Å². The molecule has 3 rings (SSSR count). The monoisotopic (exact) mass is 424 g/mol. The normalized spacial score (nSPS) is 14.4. The van der Waals surface area contributed by atoms with E-state index in [0.29, 0.717) is 37.5 Å². The van der Waals surface area contributed by atoms with Gasteiger partial charge >= 0.3 is 6.18 Å². The summed E-state index contributed by atoms with van der Waals surface area (Å²) in [5.74, 6) is 0.540. The molecular weight excluding hydrogens is 409 g/mol. The number of hydrogen-bond acceptors (Lipinski definition) is 5. The smallest absolute Gasteiger partial charge is 0.417 e. The van der Waals surface area contributed by atoms with Crippen LogP contribution in [0.3, 0.4) is 0 Å². The number of amides is 1. The quantitative estimate of drug-likeness (QED) is 0.752. The number of anilines is 1. The number of rotatable bonds is 4. The van der Waals surface area contributed by atoms with E-state index in [-0.39, 0.29) is 23.4 Å². The van der Waals surface area contributed by atoms with Crippen LogP contribution in [0.4, 0.5) is 19.0 Å². The van der Waals surface area contributed by atoms with Crippen LogP contribution in [0.1, 0.15) is 11.1 Å². The standard InChI is InChI=1S/C19H16ClF3N4O2/c20-16-9-14(19(21,22)23)11-25-18(16)27-7-5-26(6-8-27)17(28)12-29-15-3-1-13(10-24)2-4-15/h1-4,9,11H,5-8,12H2. The van der Waals surface area contributed by atoms with E-state index in [9.17, 15) is 18.0 Å². The van der Waals surface area contributed by atoms with Crippen LogP contribution in [0.5, 0.6) is 5.75 Å². The van der Waals surface area contributed by atoms with E-state index in [4.69, 9.17) is 21.6 Å². The molecule has 1 fully saturated rings. The zero-order chi connectivity index (χ0) is 21.0. The Kier molecular flexibility index (Phi) is 6.13. The zero-order valence-electron chi connectivity index (χ0n) is 15.1. The number of nitriles is 1. The number of halogens is 4. The van der Waals surface area contributed by atoms with E-state index in [1.165, 1.54) is 0 Å². The first-order valence-electron chi connectivity index (χ1n) is 8.66. The Balaban J connectivity index is 1.53. The van der Waals surface area contributed by atoms with Crippen molar-refractivity contribution in [2.75, 3.05) is 37.7 Å². The summed E-state index contributed by atoms with van der Waals surface area (Å²) in [6, 6.07) is 9.27. The van der Waals surface area contributed by atoms with Crippen LogP contribution >= 0.6 is 11.6 Å². The SMILES string of the molecule is N#Cc1ccc(OCC(=O)N2CCN(c3ncc(C(F)(F)F)cc3Cl)CC2)cc1. The first kappa shape index (κ1) is 20.7. The lowest BCUT2D eigenvalue weighted by Crippen LogP contribution is -2.50. The van der Waals surface area contributed by atoms with Gasteiger partial charge in [0.25, 0.3) is 5.91 Å². The van der Waals surface area contributed by atoms with Gasteiger partial charge < -0.3 is 14.5 Å². The number of carbonyl (C=O) groups is 1. The van der Waals surface area contributed by atoms with Crippen molar-refractivity contribution < 1.29 is 22.7 Å². The lowest BCUT2D eigenvalue weighted by molar-refractivity contribution is -0.138. The number of carbonyl (C=O) groups excluding carboxylic acids is 1. The fraction of sp³-hybridized carbons (Fsp3) is 0.316. The summed E-state index contributed by atoms with van der Waals surface area (Å²) in [4.78, 5) is 19.5. The van der Waals surface area contributed by atoms with Crippen molar-refractivity contribution in [3.63, 3.8) is 0 Å². The predicted molar refractivity (Wildman–Crippen MR) is 99.7 cm³/mol. The summed E-state index contributed by atoms with van der Waals surface area (Å²) in [7, 11) is 0. The summed E-state index contributed by atoms with van der Waals surface area (Å²) in [6.45, 7) is 1.37. The third kappa shape index (κ3) is 5.09. The van der Waals surface area contributed by atoms with E-state index >= 15 is 0 Å². The Morgan fingerprint density at radius 3 is 2.41 bits per heavy atom. The largest absolute Gasteiger partial charge is 0.484 e. The highest BCUT2D eigenvalue weighted by atomic mass is 35.5. The molecule has 1 aromatic carbocycles. The molecule has 2 aromatic rings. The lowest BCUT2D eigenvalue weighted by atomic mass is 10.2. The molecule has 2 heterocycles. The minimum absolute atomic E-state index is 0.0799. The minimum atomic E-state index is -4.50. The average Bonchev–Trinajstić information content (AvgIpc) is 2.72.